The van der Waals surface area contributed by atoms with Gasteiger partial charge in [0.05, 0.1) is 10.7 Å². The number of carbonyl (C=O) groups excluding carboxylic acids is 3. The lowest BCUT2D eigenvalue weighted by molar-refractivity contribution is -0.385. The summed E-state index contributed by atoms with van der Waals surface area (Å²) in [6, 6.07) is 2.32. The number of hydrogen-bond acceptors (Lipinski definition) is 10. The fourth-order valence-corrected chi connectivity index (χ4v) is 6.00. The van der Waals surface area contributed by atoms with E-state index in [4.69, 9.17) is 9.47 Å². The Morgan fingerprint density at radius 2 is 1.67 bits per heavy atom. The maximum Gasteiger partial charge on any atom is 0.425 e. The number of halogens is 2. The smallest absolute Gasteiger partial charge is 0.425 e. The average molecular weight is 576 g/mol. The van der Waals surface area contributed by atoms with E-state index in [1.54, 1.807) is 0 Å². The number of alkyl halides is 1. The maximum atomic E-state index is 15.0. The van der Waals surface area contributed by atoms with Crippen molar-refractivity contribution in [3.8, 4) is 0 Å². The van der Waals surface area contributed by atoms with Crippen LogP contribution in [-0.2, 0) is 29.6 Å². The number of nitro groups is 1. The van der Waals surface area contributed by atoms with Crippen LogP contribution < -0.4 is 0 Å². The summed E-state index contributed by atoms with van der Waals surface area (Å²) in [5, 5.41) is 11.3. The number of amides is 2. The number of hydrogen-bond donors (Lipinski definition) is 0. The molecule has 2 amide bonds. The van der Waals surface area contributed by atoms with Gasteiger partial charge in [-0.1, -0.05) is 0 Å². The Hall–Kier alpha value is -3.49. The lowest BCUT2D eigenvalue weighted by Crippen LogP contribution is -2.64. The second-order valence-electron chi connectivity index (χ2n) is 11.2. The summed E-state index contributed by atoms with van der Waals surface area (Å²) >= 11 is 0. The highest BCUT2D eigenvalue weighted by Gasteiger charge is 2.60. The Labute approximate surface area is 224 Å². The second-order valence-corrected chi connectivity index (χ2v) is 13.5. The van der Waals surface area contributed by atoms with Crippen LogP contribution in [0.4, 0.5) is 24.1 Å². The lowest BCUT2D eigenvalue weighted by atomic mass is 9.92. The van der Waals surface area contributed by atoms with Crippen LogP contribution >= 0.6 is 0 Å². The van der Waals surface area contributed by atoms with E-state index in [9.17, 15) is 37.3 Å². The average Bonchev–Trinajstić information content (AvgIpc) is 2.73. The third-order valence-electron chi connectivity index (χ3n) is 5.56. The molecule has 39 heavy (non-hydrogen) atoms. The molecule has 2 rings (SSSR count). The zero-order valence-electron chi connectivity index (χ0n) is 22.6. The topological polar surface area (TPSA) is 163 Å². The number of non-ortho nitro benzene ring substituents is 1. The van der Waals surface area contributed by atoms with Crippen LogP contribution in [0.5, 0.6) is 0 Å². The summed E-state index contributed by atoms with van der Waals surface area (Å²) in [4.78, 5) is 53.0. The molecule has 1 unspecified atom stereocenters. The van der Waals surface area contributed by atoms with Gasteiger partial charge < -0.3 is 14.3 Å². The first-order valence-electron chi connectivity index (χ1n) is 11.7. The summed E-state index contributed by atoms with van der Waals surface area (Å²) in [6.45, 7) is 7.91. The van der Waals surface area contributed by atoms with Gasteiger partial charge in [0.15, 0.2) is 14.6 Å². The van der Waals surface area contributed by atoms with Crippen LogP contribution in [0.1, 0.15) is 60.5 Å². The molecule has 0 bridgehead atoms. The summed E-state index contributed by atoms with van der Waals surface area (Å²) in [6.07, 6.45) is -4.00. The van der Waals surface area contributed by atoms with Gasteiger partial charge in [-0.05, 0) is 54.5 Å². The fourth-order valence-electron chi connectivity index (χ4n) is 3.86. The third-order valence-corrected chi connectivity index (χ3v) is 8.15. The molecule has 216 valence electrons. The van der Waals surface area contributed by atoms with Crippen LogP contribution in [0.15, 0.2) is 23.2 Å². The molecule has 1 aromatic carbocycles. The standard InChI is InChI=1S/C24H31F2N3O9S/c1-21(2,3)37-19(31)28(20(32)38-22(4,5)6)18-24(13-25,10-11-30)39(35,36)14-23(7,27-18)16-12-15(29(33)34)8-9-17(16)26/h8-9,11-12H,10,13-14H2,1-7H3/t23-,24?/m0/s1. The molecule has 0 aromatic heterocycles. The van der Waals surface area contributed by atoms with Gasteiger partial charge in [-0.15, -0.1) is 0 Å². The molecule has 1 heterocycles. The minimum Gasteiger partial charge on any atom is -0.443 e. The number of aliphatic imine (C=N–C) groups is 1. The minimum atomic E-state index is -4.88. The van der Waals surface area contributed by atoms with Crippen LogP contribution in [0, 0.1) is 15.9 Å². The van der Waals surface area contributed by atoms with Gasteiger partial charge in [-0.25, -0.2) is 26.8 Å². The maximum absolute atomic E-state index is 15.0. The Bertz CT molecular complexity index is 1290. The number of sulfone groups is 1. The molecule has 15 heteroatoms. The molecule has 0 radical (unpaired) electrons. The number of amidine groups is 1. The Balaban J connectivity index is 3.03. The van der Waals surface area contributed by atoms with E-state index in [0.29, 0.717) is 0 Å². The first-order chi connectivity index (χ1) is 17.6. The van der Waals surface area contributed by atoms with Crippen LogP contribution in [0.2, 0.25) is 0 Å². The number of rotatable bonds is 5. The lowest BCUT2D eigenvalue weighted by Gasteiger charge is -2.43. The predicted molar refractivity (Wildman–Crippen MR) is 135 cm³/mol. The molecule has 12 nitrogen and oxygen atoms in total. The normalized spacial score (nSPS) is 22.8. The van der Waals surface area contributed by atoms with E-state index < -0.39 is 90.2 Å². The van der Waals surface area contributed by atoms with Crippen molar-refractivity contribution < 1.29 is 46.0 Å². The van der Waals surface area contributed by atoms with Crippen molar-refractivity contribution in [3.05, 3.63) is 39.7 Å². The summed E-state index contributed by atoms with van der Waals surface area (Å²) < 4.78 is 64.9. The third kappa shape index (κ3) is 6.57. The quantitative estimate of drug-likeness (QED) is 0.284. The van der Waals surface area contributed by atoms with Crippen molar-refractivity contribution in [2.45, 2.75) is 76.4 Å². The van der Waals surface area contributed by atoms with E-state index in [-0.39, 0.29) is 11.2 Å². The van der Waals surface area contributed by atoms with Crippen molar-refractivity contribution in [2.24, 2.45) is 4.99 Å². The number of nitro benzene ring substituents is 1. The van der Waals surface area contributed by atoms with Gasteiger partial charge in [-0.3, -0.25) is 15.1 Å². The Morgan fingerprint density at radius 1 is 1.15 bits per heavy atom. The van der Waals surface area contributed by atoms with E-state index in [0.717, 1.165) is 25.1 Å². The van der Waals surface area contributed by atoms with Crippen molar-refractivity contribution in [3.63, 3.8) is 0 Å². The molecule has 1 aliphatic rings. The second kappa shape index (κ2) is 10.6. The van der Waals surface area contributed by atoms with Crippen molar-refractivity contribution in [1.29, 1.82) is 0 Å². The van der Waals surface area contributed by atoms with E-state index in [1.807, 2.05) is 0 Å². The SMILES string of the molecule is CC(C)(C)OC(=O)N(C(=O)OC(C)(C)C)C1=N[C@](C)(c2cc([N+](=O)[O-])ccc2F)CS(=O)(=O)C1(CF)CC=O. The molecule has 0 fully saturated rings. The van der Waals surface area contributed by atoms with Crippen LogP contribution in [0.25, 0.3) is 0 Å². The van der Waals surface area contributed by atoms with Gasteiger partial charge in [-0.2, -0.15) is 4.90 Å². The van der Waals surface area contributed by atoms with Crippen molar-refractivity contribution >= 4 is 39.8 Å². The van der Waals surface area contributed by atoms with Crippen molar-refractivity contribution in [1.82, 2.24) is 4.90 Å². The largest absolute Gasteiger partial charge is 0.443 e. The Morgan fingerprint density at radius 3 is 2.08 bits per heavy atom. The highest BCUT2D eigenvalue weighted by Crippen LogP contribution is 2.42. The first kappa shape index (κ1) is 31.7. The molecule has 0 saturated carbocycles. The highest BCUT2D eigenvalue weighted by molar-refractivity contribution is 7.93. The van der Waals surface area contributed by atoms with E-state index >= 15 is 4.39 Å². The molecule has 0 N–H and O–H groups in total. The zero-order chi connectivity index (χ0) is 30.2. The zero-order valence-corrected chi connectivity index (χ0v) is 23.4. The van der Waals surface area contributed by atoms with Gasteiger partial charge in [0.2, 0.25) is 0 Å². The molecular weight excluding hydrogens is 544 g/mol. The number of ether oxygens (including phenoxy) is 2. The Kier molecular flexibility index (Phi) is 8.61. The highest BCUT2D eigenvalue weighted by atomic mass is 32.2. The van der Waals surface area contributed by atoms with Gasteiger partial charge in [0, 0.05) is 24.1 Å². The summed E-state index contributed by atoms with van der Waals surface area (Å²) in [5.74, 6) is -3.29. The van der Waals surface area contributed by atoms with Gasteiger partial charge in [0.1, 0.15) is 41.4 Å². The molecule has 0 spiro atoms. The molecule has 0 saturated heterocycles. The monoisotopic (exact) mass is 575 g/mol. The number of nitrogens with zero attached hydrogens (tertiary/aromatic N) is 3. The molecular formula is C24H31F2N3O9S. The fraction of sp³-hybridized carbons (Fsp3) is 0.583. The molecule has 0 aliphatic carbocycles. The minimum absolute atomic E-state index is 0.0732. The van der Waals surface area contributed by atoms with Crippen LogP contribution in [0.3, 0.4) is 0 Å². The number of aldehydes is 1. The number of carbonyl (C=O) groups is 3. The van der Waals surface area contributed by atoms with Gasteiger partial charge in [0.25, 0.3) is 5.69 Å². The van der Waals surface area contributed by atoms with E-state index in [2.05, 4.69) is 4.99 Å². The predicted octanol–water partition coefficient (Wildman–Crippen LogP) is 4.25. The summed E-state index contributed by atoms with van der Waals surface area (Å²) in [7, 11) is -4.88. The number of imide groups is 1. The molecule has 1 aromatic rings. The van der Waals surface area contributed by atoms with Crippen molar-refractivity contribution in [2.75, 3.05) is 12.4 Å². The molecule has 2 atom stereocenters. The van der Waals surface area contributed by atoms with Gasteiger partial charge >= 0.3 is 12.2 Å². The summed E-state index contributed by atoms with van der Waals surface area (Å²) in [5.41, 5.74) is -5.89. The van der Waals surface area contributed by atoms with Crippen LogP contribution in [-0.4, -0.2) is 70.9 Å². The molecule has 1 aliphatic heterocycles. The number of benzene rings is 1. The van der Waals surface area contributed by atoms with E-state index in [1.165, 1.54) is 41.5 Å². The first-order valence-corrected chi connectivity index (χ1v) is 13.3.